The summed E-state index contributed by atoms with van der Waals surface area (Å²) in [6, 6.07) is 4.67. The Morgan fingerprint density at radius 2 is 2.05 bits per heavy atom. The van der Waals surface area contributed by atoms with Crippen molar-refractivity contribution < 1.29 is 17.9 Å². The van der Waals surface area contributed by atoms with Gasteiger partial charge in [0, 0.05) is 26.5 Å². The molecule has 1 aromatic rings. The topological polar surface area (TPSA) is 103 Å². The summed E-state index contributed by atoms with van der Waals surface area (Å²) >= 11 is 0. The molecule has 1 aromatic carbocycles. The molecule has 0 saturated carbocycles. The van der Waals surface area contributed by atoms with E-state index in [1.54, 1.807) is 26.4 Å². The molecular formula is C12H21N3O4S. The van der Waals surface area contributed by atoms with Gasteiger partial charge in [-0.1, -0.05) is 0 Å². The fraction of sp³-hybridized carbons (Fsp3) is 0.500. The van der Waals surface area contributed by atoms with Gasteiger partial charge in [0.05, 0.1) is 18.4 Å². The van der Waals surface area contributed by atoms with E-state index < -0.39 is 10.0 Å². The zero-order chi connectivity index (χ0) is 15.2. The summed E-state index contributed by atoms with van der Waals surface area (Å²) in [7, 11) is 0.914. The molecule has 0 spiro atoms. The summed E-state index contributed by atoms with van der Waals surface area (Å²) < 4.78 is 36.4. The minimum absolute atomic E-state index is 0.104. The number of rotatable bonds is 8. The first-order valence-electron chi connectivity index (χ1n) is 6.03. The van der Waals surface area contributed by atoms with Crippen LogP contribution in [-0.4, -0.2) is 48.9 Å². The molecule has 0 fully saturated rings. The fourth-order valence-corrected chi connectivity index (χ4v) is 2.58. The normalized spacial score (nSPS) is 13.2. The van der Waals surface area contributed by atoms with Crippen molar-refractivity contribution in [2.45, 2.75) is 11.0 Å². The lowest BCUT2D eigenvalue weighted by molar-refractivity contribution is 0.0365. The molecule has 0 radical (unpaired) electrons. The third-order valence-corrected chi connectivity index (χ3v) is 4.22. The molecule has 0 aromatic heterocycles. The number of nitrogens with two attached hydrogens (primary N) is 1. The molecule has 4 N–H and O–H groups in total. The van der Waals surface area contributed by atoms with Gasteiger partial charge in [-0.25, -0.2) is 13.1 Å². The third kappa shape index (κ3) is 4.34. The summed E-state index contributed by atoms with van der Waals surface area (Å²) in [5.74, 6) is 0. The standard InChI is InChI=1S/C12H21N3O4S/c1-14-20(16,17)12-6-9(13)4-5-11(12)15-7-10(19-3)8-18-2/h4-6,10,14-15H,7-8,13H2,1-3H3. The van der Waals surface area contributed by atoms with Gasteiger partial charge in [-0.2, -0.15) is 0 Å². The van der Waals surface area contributed by atoms with Crippen LogP contribution >= 0.6 is 0 Å². The molecule has 0 aliphatic rings. The first-order valence-corrected chi connectivity index (χ1v) is 7.51. The van der Waals surface area contributed by atoms with Crippen LogP contribution in [0.15, 0.2) is 23.1 Å². The molecule has 0 saturated heterocycles. The Hall–Kier alpha value is -1.35. The van der Waals surface area contributed by atoms with Gasteiger partial charge in [0.25, 0.3) is 0 Å². The maximum atomic E-state index is 12.0. The largest absolute Gasteiger partial charge is 0.399 e. The SMILES string of the molecule is CNS(=O)(=O)c1cc(N)ccc1NCC(COC)OC. The summed E-state index contributed by atoms with van der Waals surface area (Å²) in [6.45, 7) is 0.826. The van der Waals surface area contributed by atoms with E-state index in [1.807, 2.05) is 0 Å². The molecule has 1 rings (SSSR count). The Labute approximate surface area is 119 Å². The van der Waals surface area contributed by atoms with Gasteiger partial charge < -0.3 is 20.5 Å². The van der Waals surface area contributed by atoms with Gasteiger partial charge >= 0.3 is 0 Å². The van der Waals surface area contributed by atoms with Crippen molar-refractivity contribution in [2.75, 3.05) is 45.5 Å². The van der Waals surface area contributed by atoms with E-state index in [0.29, 0.717) is 24.5 Å². The molecule has 0 aliphatic heterocycles. The first-order chi connectivity index (χ1) is 9.44. The van der Waals surface area contributed by atoms with Crippen LogP contribution in [0.2, 0.25) is 0 Å². The van der Waals surface area contributed by atoms with E-state index in [9.17, 15) is 8.42 Å². The predicted octanol–water partition coefficient (Wildman–Crippen LogP) is 0.250. The second-order valence-corrected chi connectivity index (χ2v) is 6.01. The van der Waals surface area contributed by atoms with Crippen LogP contribution in [-0.2, 0) is 19.5 Å². The highest BCUT2D eigenvalue weighted by Gasteiger charge is 2.18. The summed E-state index contributed by atoms with van der Waals surface area (Å²) in [5, 5.41) is 3.04. The lowest BCUT2D eigenvalue weighted by Gasteiger charge is -2.18. The fourth-order valence-electron chi connectivity index (χ4n) is 1.64. The highest BCUT2D eigenvalue weighted by Crippen LogP contribution is 2.23. The number of anilines is 2. The molecule has 114 valence electrons. The van der Waals surface area contributed by atoms with Crippen molar-refractivity contribution in [2.24, 2.45) is 0 Å². The summed E-state index contributed by atoms with van der Waals surface area (Å²) in [6.07, 6.45) is -0.178. The number of nitrogens with one attached hydrogen (secondary N) is 2. The van der Waals surface area contributed by atoms with E-state index in [0.717, 1.165) is 0 Å². The number of methoxy groups -OCH3 is 2. The average Bonchev–Trinajstić information content (AvgIpc) is 2.44. The number of benzene rings is 1. The summed E-state index contributed by atoms with van der Waals surface area (Å²) in [5.41, 5.74) is 6.49. The van der Waals surface area contributed by atoms with Crippen LogP contribution in [0.4, 0.5) is 11.4 Å². The van der Waals surface area contributed by atoms with Crippen LogP contribution in [0.5, 0.6) is 0 Å². The Morgan fingerprint density at radius 1 is 1.35 bits per heavy atom. The van der Waals surface area contributed by atoms with Crippen molar-refractivity contribution in [1.82, 2.24) is 4.72 Å². The van der Waals surface area contributed by atoms with Gasteiger partial charge in [0.1, 0.15) is 4.90 Å². The van der Waals surface area contributed by atoms with Crippen LogP contribution in [0, 0.1) is 0 Å². The maximum absolute atomic E-state index is 12.0. The maximum Gasteiger partial charge on any atom is 0.242 e. The minimum atomic E-state index is -3.58. The van der Waals surface area contributed by atoms with Crippen molar-refractivity contribution in [3.05, 3.63) is 18.2 Å². The van der Waals surface area contributed by atoms with Crippen LogP contribution in [0.1, 0.15) is 0 Å². The molecule has 0 heterocycles. The van der Waals surface area contributed by atoms with Crippen molar-refractivity contribution in [3.63, 3.8) is 0 Å². The van der Waals surface area contributed by atoms with Gasteiger partial charge in [0.2, 0.25) is 10.0 Å². The molecular weight excluding hydrogens is 282 g/mol. The Kier molecular flexibility index (Phi) is 6.21. The van der Waals surface area contributed by atoms with E-state index in [1.165, 1.54) is 13.1 Å². The number of nitrogen functional groups attached to an aromatic ring is 1. The van der Waals surface area contributed by atoms with E-state index in [-0.39, 0.29) is 11.0 Å². The first kappa shape index (κ1) is 16.7. The molecule has 1 atom stereocenters. The van der Waals surface area contributed by atoms with Gasteiger partial charge in [-0.3, -0.25) is 0 Å². The van der Waals surface area contributed by atoms with Crippen LogP contribution in [0.3, 0.4) is 0 Å². The number of sulfonamides is 1. The zero-order valence-corrected chi connectivity index (χ0v) is 12.7. The molecule has 7 nitrogen and oxygen atoms in total. The van der Waals surface area contributed by atoms with E-state index >= 15 is 0 Å². The lowest BCUT2D eigenvalue weighted by atomic mass is 10.2. The highest BCUT2D eigenvalue weighted by molar-refractivity contribution is 7.89. The van der Waals surface area contributed by atoms with E-state index in [4.69, 9.17) is 15.2 Å². The van der Waals surface area contributed by atoms with Crippen molar-refractivity contribution in [1.29, 1.82) is 0 Å². The molecule has 1 unspecified atom stereocenters. The monoisotopic (exact) mass is 303 g/mol. The van der Waals surface area contributed by atoms with Gasteiger partial charge in [-0.15, -0.1) is 0 Å². The molecule has 0 amide bonds. The second-order valence-electron chi connectivity index (χ2n) is 4.16. The molecule has 8 heteroatoms. The van der Waals surface area contributed by atoms with Crippen LogP contribution < -0.4 is 15.8 Å². The number of hydrogen-bond acceptors (Lipinski definition) is 6. The quantitative estimate of drug-likeness (QED) is 0.595. The average molecular weight is 303 g/mol. The van der Waals surface area contributed by atoms with Crippen molar-refractivity contribution >= 4 is 21.4 Å². The van der Waals surface area contributed by atoms with Gasteiger partial charge in [-0.05, 0) is 25.2 Å². The lowest BCUT2D eigenvalue weighted by Crippen LogP contribution is -2.28. The van der Waals surface area contributed by atoms with Crippen molar-refractivity contribution in [3.8, 4) is 0 Å². The third-order valence-electron chi connectivity index (χ3n) is 2.77. The highest BCUT2D eigenvalue weighted by atomic mass is 32.2. The number of hydrogen-bond donors (Lipinski definition) is 3. The second kappa shape index (κ2) is 7.44. The Bertz CT molecular complexity index is 534. The summed E-state index contributed by atoms with van der Waals surface area (Å²) in [4.78, 5) is 0.104. The smallest absolute Gasteiger partial charge is 0.242 e. The molecule has 0 aliphatic carbocycles. The zero-order valence-electron chi connectivity index (χ0n) is 11.8. The molecule has 20 heavy (non-hydrogen) atoms. The minimum Gasteiger partial charge on any atom is -0.399 e. The van der Waals surface area contributed by atoms with Crippen LogP contribution in [0.25, 0.3) is 0 Å². The predicted molar refractivity (Wildman–Crippen MR) is 78.3 cm³/mol. The Balaban J connectivity index is 2.95. The van der Waals surface area contributed by atoms with Gasteiger partial charge in [0.15, 0.2) is 0 Å². The molecule has 0 bridgehead atoms. The number of ether oxygens (including phenoxy) is 2. The van der Waals surface area contributed by atoms with E-state index in [2.05, 4.69) is 10.0 Å². The Morgan fingerprint density at radius 3 is 2.60 bits per heavy atom.